The molecule has 0 bridgehead atoms. The minimum Gasteiger partial charge on any atom is -0.486 e. The van der Waals surface area contributed by atoms with Crippen molar-refractivity contribution >= 4 is 17.1 Å². The Bertz CT molecular complexity index is 595. The zero-order valence-corrected chi connectivity index (χ0v) is 11.7. The van der Waals surface area contributed by atoms with Crippen molar-refractivity contribution in [1.29, 1.82) is 0 Å². The molecular formula is C15H15NO3S. The van der Waals surface area contributed by atoms with E-state index in [4.69, 9.17) is 9.47 Å². The fourth-order valence-electron chi connectivity index (χ4n) is 2.03. The number of thiophene rings is 1. The first-order valence-electron chi connectivity index (χ1n) is 6.49. The van der Waals surface area contributed by atoms with Gasteiger partial charge in [0, 0.05) is 17.0 Å². The number of nitrogens with one attached hydrogen (secondary N) is 1. The normalized spacial score (nSPS) is 13.2. The number of carbonyl (C=O) groups is 1. The molecule has 1 aromatic carbocycles. The molecule has 104 valence electrons. The van der Waals surface area contributed by atoms with Gasteiger partial charge in [-0.3, -0.25) is 4.79 Å². The summed E-state index contributed by atoms with van der Waals surface area (Å²) in [5.74, 6) is 1.42. The van der Waals surface area contributed by atoms with Gasteiger partial charge in [-0.2, -0.15) is 0 Å². The Morgan fingerprint density at radius 1 is 1.20 bits per heavy atom. The number of fused-ring (bicyclic) bond motifs is 1. The van der Waals surface area contributed by atoms with Crippen molar-refractivity contribution in [2.45, 2.75) is 6.54 Å². The Labute approximate surface area is 121 Å². The molecule has 3 rings (SSSR count). The van der Waals surface area contributed by atoms with Crippen LogP contribution in [0.25, 0.3) is 0 Å². The van der Waals surface area contributed by atoms with Gasteiger partial charge in [-0.05, 0) is 29.6 Å². The van der Waals surface area contributed by atoms with E-state index in [1.165, 1.54) is 4.88 Å². The highest BCUT2D eigenvalue weighted by atomic mass is 32.1. The molecule has 2 aromatic rings. The maximum atomic E-state index is 12.1. The highest BCUT2D eigenvalue weighted by Gasteiger charge is 2.14. The molecule has 1 aromatic heterocycles. The smallest absolute Gasteiger partial charge is 0.176 e. The van der Waals surface area contributed by atoms with E-state index in [1.54, 1.807) is 29.5 Å². The number of hydrogen-bond donors (Lipinski definition) is 1. The molecule has 0 amide bonds. The van der Waals surface area contributed by atoms with Crippen LogP contribution in [0.5, 0.6) is 11.5 Å². The van der Waals surface area contributed by atoms with Gasteiger partial charge in [-0.15, -0.1) is 11.3 Å². The summed E-state index contributed by atoms with van der Waals surface area (Å²) in [4.78, 5) is 13.3. The van der Waals surface area contributed by atoms with Crippen LogP contribution in [0.3, 0.4) is 0 Å². The number of carbonyl (C=O) groups excluding carboxylic acids is 1. The Balaban J connectivity index is 1.59. The monoisotopic (exact) mass is 289 g/mol. The van der Waals surface area contributed by atoms with Crippen LogP contribution in [0.15, 0.2) is 35.7 Å². The Hall–Kier alpha value is -1.85. The van der Waals surface area contributed by atoms with Gasteiger partial charge in [0.1, 0.15) is 13.2 Å². The van der Waals surface area contributed by atoms with E-state index in [2.05, 4.69) is 5.32 Å². The highest BCUT2D eigenvalue weighted by Crippen LogP contribution is 2.30. The van der Waals surface area contributed by atoms with Gasteiger partial charge in [0.25, 0.3) is 0 Å². The number of hydrogen-bond acceptors (Lipinski definition) is 5. The maximum Gasteiger partial charge on any atom is 0.176 e. The fraction of sp³-hybridized carbons (Fsp3) is 0.267. The lowest BCUT2D eigenvalue weighted by Gasteiger charge is -2.18. The number of ketones is 1. The largest absolute Gasteiger partial charge is 0.486 e. The van der Waals surface area contributed by atoms with Crippen LogP contribution < -0.4 is 14.8 Å². The minimum atomic E-state index is 0.0542. The first kappa shape index (κ1) is 13.1. The predicted octanol–water partition coefficient (Wildman–Crippen LogP) is 2.49. The van der Waals surface area contributed by atoms with Crippen LogP contribution in [-0.4, -0.2) is 25.5 Å². The fourth-order valence-corrected chi connectivity index (χ4v) is 2.71. The summed E-state index contributed by atoms with van der Waals surface area (Å²) in [6.45, 7) is 2.12. The second-order valence-corrected chi connectivity index (χ2v) is 5.50. The number of Topliss-reactive ketones (excluding diaryl/α,β-unsaturated/α-hetero) is 1. The van der Waals surface area contributed by atoms with Crippen LogP contribution >= 0.6 is 11.3 Å². The Kier molecular flexibility index (Phi) is 3.99. The molecular weight excluding hydrogens is 274 g/mol. The average molecular weight is 289 g/mol. The van der Waals surface area contributed by atoms with Gasteiger partial charge >= 0.3 is 0 Å². The molecule has 1 N–H and O–H groups in total. The van der Waals surface area contributed by atoms with E-state index in [0.717, 1.165) is 0 Å². The van der Waals surface area contributed by atoms with E-state index >= 15 is 0 Å². The van der Waals surface area contributed by atoms with Crippen LogP contribution in [0.2, 0.25) is 0 Å². The van der Waals surface area contributed by atoms with Crippen molar-refractivity contribution in [1.82, 2.24) is 5.32 Å². The molecule has 1 aliphatic rings. The maximum absolute atomic E-state index is 12.1. The number of ether oxygens (including phenoxy) is 2. The van der Waals surface area contributed by atoms with E-state index < -0.39 is 0 Å². The highest BCUT2D eigenvalue weighted by molar-refractivity contribution is 7.09. The average Bonchev–Trinajstić information content (AvgIpc) is 3.00. The zero-order chi connectivity index (χ0) is 13.8. The quantitative estimate of drug-likeness (QED) is 0.859. The second kappa shape index (κ2) is 6.07. The molecule has 0 spiro atoms. The van der Waals surface area contributed by atoms with Crippen molar-refractivity contribution in [2.24, 2.45) is 0 Å². The Morgan fingerprint density at radius 3 is 2.85 bits per heavy atom. The topological polar surface area (TPSA) is 47.6 Å². The summed E-state index contributed by atoms with van der Waals surface area (Å²) in [7, 11) is 0. The van der Waals surface area contributed by atoms with Crippen molar-refractivity contribution < 1.29 is 14.3 Å². The Morgan fingerprint density at radius 2 is 2.05 bits per heavy atom. The van der Waals surface area contributed by atoms with Crippen LogP contribution in [-0.2, 0) is 6.54 Å². The van der Waals surface area contributed by atoms with Crippen LogP contribution in [0, 0.1) is 0 Å². The molecule has 2 heterocycles. The van der Waals surface area contributed by atoms with Gasteiger partial charge in [-0.25, -0.2) is 0 Å². The van der Waals surface area contributed by atoms with Gasteiger partial charge in [0.15, 0.2) is 17.3 Å². The van der Waals surface area contributed by atoms with E-state index in [0.29, 0.717) is 43.4 Å². The van der Waals surface area contributed by atoms with Gasteiger partial charge in [0.2, 0.25) is 0 Å². The first-order chi connectivity index (χ1) is 9.83. The molecule has 1 aliphatic heterocycles. The predicted molar refractivity (Wildman–Crippen MR) is 77.8 cm³/mol. The molecule has 0 fully saturated rings. The van der Waals surface area contributed by atoms with Crippen molar-refractivity contribution in [3.63, 3.8) is 0 Å². The first-order valence-corrected chi connectivity index (χ1v) is 7.37. The molecule has 0 radical (unpaired) electrons. The summed E-state index contributed by atoms with van der Waals surface area (Å²) in [5, 5.41) is 5.18. The molecule has 5 heteroatoms. The van der Waals surface area contributed by atoms with Crippen LogP contribution in [0.1, 0.15) is 15.2 Å². The standard InChI is InChI=1S/C15H15NO3S/c17-13(10-16-9-12-2-1-7-20-12)11-3-4-14-15(8-11)19-6-5-18-14/h1-4,7-8,16H,5-6,9-10H2. The molecule has 0 saturated carbocycles. The van der Waals surface area contributed by atoms with E-state index in [9.17, 15) is 4.79 Å². The molecule has 0 unspecified atom stereocenters. The third-order valence-electron chi connectivity index (χ3n) is 3.03. The molecule has 20 heavy (non-hydrogen) atoms. The zero-order valence-electron chi connectivity index (χ0n) is 10.9. The van der Waals surface area contributed by atoms with Crippen molar-refractivity contribution in [2.75, 3.05) is 19.8 Å². The van der Waals surface area contributed by atoms with Gasteiger partial charge in [0.05, 0.1) is 6.54 Å². The van der Waals surface area contributed by atoms with Gasteiger partial charge in [-0.1, -0.05) is 6.07 Å². The van der Waals surface area contributed by atoms with E-state index in [1.807, 2.05) is 17.5 Å². The van der Waals surface area contributed by atoms with Crippen LogP contribution in [0.4, 0.5) is 0 Å². The summed E-state index contributed by atoms with van der Waals surface area (Å²) in [5.41, 5.74) is 0.646. The lowest BCUT2D eigenvalue weighted by atomic mass is 10.1. The third-order valence-corrected chi connectivity index (χ3v) is 3.91. The SMILES string of the molecule is O=C(CNCc1cccs1)c1ccc2c(c1)OCCO2. The van der Waals surface area contributed by atoms with Gasteiger partial charge < -0.3 is 14.8 Å². The summed E-state index contributed by atoms with van der Waals surface area (Å²) < 4.78 is 10.9. The van der Waals surface area contributed by atoms with Crippen molar-refractivity contribution in [3.8, 4) is 11.5 Å². The van der Waals surface area contributed by atoms with E-state index in [-0.39, 0.29) is 5.78 Å². The molecule has 4 nitrogen and oxygen atoms in total. The second-order valence-electron chi connectivity index (χ2n) is 4.46. The van der Waals surface area contributed by atoms with Crippen molar-refractivity contribution in [3.05, 3.63) is 46.2 Å². The molecule has 0 saturated heterocycles. The number of benzene rings is 1. The minimum absolute atomic E-state index is 0.0542. The molecule has 0 aliphatic carbocycles. The summed E-state index contributed by atoms with van der Waals surface area (Å²) in [6.07, 6.45) is 0. The molecule has 0 atom stereocenters. The number of rotatable bonds is 5. The summed E-state index contributed by atoms with van der Waals surface area (Å²) in [6, 6.07) is 9.38. The lowest BCUT2D eigenvalue weighted by Crippen LogP contribution is -2.22. The summed E-state index contributed by atoms with van der Waals surface area (Å²) >= 11 is 1.68. The third kappa shape index (κ3) is 3.00. The lowest BCUT2D eigenvalue weighted by molar-refractivity contribution is 0.0989.